The van der Waals surface area contributed by atoms with Gasteiger partial charge in [-0.2, -0.15) is 0 Å². The van der Waals surface area contributed by atoms with Gasteiger partial charge in [0.2, 0.25) is 0 Å². The summed E-state index contributed by atoms with van der Waals surface area (Å²) in [6.07, 6.45) is 1.94. The molecule has 8 heteroatoms. The summed E-state index contributed by atoms with van der Waals surface area (Å²) in [6.45, 7) is 0. The van der Waals surface area contributed by atoms with Crippen LogP contribution < -0.4 is 15.4 Å². The molecule has 0 aliphatic rings. The summed E-state index contributed by atoms with van der Waals surface area (Å²) in [4.78, 5) is 8.78. The summed E-state index contributed by atoms with van der Waals surface area (Å²) < 4.78 is 7.10. The summed E-state index contributed by atoms with van der Waals surface area (Å²) in [5.74, 6) is 2.22. The monoisotopic (exact) mass is 432 g/mol. The molecule has 0 fully saturated rings. The van der Waals surface area contributed by atoms with E-state index in [4.69, 9.17) is 4.74 Å². The van der Waals surface area contributed by atoms with E-state index in [9.17, 15) is 0 Å². The molecule has 2 rings (SSSR count). The number of benzene rings is 1. The molecular formula is C13H14Br2N4OS. The van der Waals surface area contributed by atoms with Crippen molar-refractivity contribution in [3.8, 4) is 5.75 Å². The summed E-state index contributed by atoms with van der Waals surface area (Å²) in [5, 5.41) is 7.00. The van der Waals surface area contributed by atoms with Gasteiger partial charge in [0.25, 0.3) is 0 Å². The zero-order chi connectivity index (χ0) is 15.4. The van der Waals surface area contributed by atoms with Crippen molar-refractivity contribution in [2.45, 2.75) is 5.16 Å². The van der Waals surface area contributed by atoms with Gasteiger partial charge in [0.15, 0.2) is 5.16 Å². The van der Waals surface area contributed by atoms with Gasteiger partial charge in [0.05, 0.1) is 17.3 Å². The van der Waals surface area contributed by atoms with E-state index >= 15 is 0 Å². The Kier molecular flexibility index (Phi) is 5.72. The minimum atomic E-state index is 0.699. The van der Waals surface area contributed by atoms with Crippen molar-refractivity contribution in [2.24, 2.45) is 0 Å². The van der Waals surface area contributed by atoms with E-state index in [2.05, 4.69) is 52.5 Å². The third-order valence-electron chi connectivity index (χ3n) is 2.65. The fourth-order valence-corrected chi connectivity index (χ4v) is 3.26. The van der Waals surface area contributed by atoms with E-state index < -0.39 is 0 Å². The maximum atomic E-state index is 5.31. The van der Waals surface area contributed by atoms with E-state index in [-0.39, 0.29) is 0 Å². The van der Waals surface area contributed by atoms with Crippen molar-refractivity contribution in [2.75, 3.05) is 31.0 Å². The lowest BCUT2D eigenvalue weighted by Crippen LogP contribution is -2.01. The average Bonchev–Trinajstić information content (AvgIpc) is 2.49. The van der Waals surface area contributed by atoms with Crippen LogP contribution in [-0.2, 0) is 0 Å². The number of anilines is 3. The largest absolute Gasteiger partial charge is 0.495 e. The number of thioether (sulfide) groups is 1. The van der Waals surface area contributed by atoms with Crippen molar-refractivity contribution >= 4 is 60.9 Å². The lowest BCUT2D eigenvalue weighted by molar-refractivity contribution is 0.412. The van der Waals surface area contributed by atoms with Crippen molar-refractivity contribution in [3.63, 3.8) is 0 Å². The van der Waals surface area contributed by atoms with Gasteiger partial charge in [-0.15, -0.1) is 0 Å². The number of hydrogen-bond acceptors (Lipinski definition) is 6. The predicted molar refractivity (Wildman–Crippen MR) is 95.0 cm³/mol. The lowest BCUT2D eigenvalue weighted by atomic mass is 10.3. The molecule has 2 N–H and O–H groups in total. The van der Waals surface area contributed by atoms with E-state index in [0.29, 0.717) is 11.0 Å². The van der Waals surface area contributed by atoms with Crippen LogP contribution in [0.1, 0.15) is 0 Å². The fourth-order valence-electron chi connectivity index (χ4n) is 1.63. The Labute approximate surface area is 144 Å². The molecule has 2 aromatic rings. The molecule has 0 saturated heterocycles. The number of hydrogen-bond donors (Lipinski definition) is 2. The van der Waals surface area contributed by atoms with Gasteiger partial charge in [-0.3, -0.25) is 0 Å². The summed E-state index contributed by atoms with van der Waals surface area (Å²) in [7, 11) is 3.46. The molecule has 1 aromatic carbocycles. The molecule has 0 amide bonds. The maximum absolute atomic E-state index is 5.31. The number of ether oxygens (including phenoxy) is 1. The molecule has 0 spiro atoms. The molecule has 0 saturated carbocycles. The number of nitrogens with one attached hydrogen (secondary N) is 2. The van der Waals surface area contributed by atoms with Crippen LogP contribution in [0.2, 0.25) is 0 Å². The van der Waals surface area contributed by atoms with Gasteiger partial charge in [-0.25, -0.2) is 9.97 Å². The minimum absolute atomic E-state index is 0.699. The number of halogens is 2. The van der Waals surface area contributed by atoms with Crippen molar-refractivity contribution in [1.82, 2.24) is 9.97 Å². The van der Waals surface area contributed by atoms with Crippen molar-refractivity contribution < 1.29 is 4.74 Å². The first-order valence-electron chi connectivity index (χ1n) is 5.98. The molecule has 0 bridgehead atoms. The molecule has 112 valence electrons. The summed E-state index contributed by atoms with van der Waals surface area (Å²) in [6, 6.07) is 5.67. The first kappa shape index (κ1) is 16.4. The SMILES string of the molecule is CNc1cc(Nc2cc(OC)c(Br)cc2Br)nc(SC)n1. The fraction of sp³-hybridized carbons (Fsp3) is 0.231. The molecule has 5 nitrogen and oxygen atoms in total. The Bertz CT molecular complexity index is 632. The Hall–Kier alpha value is -0.990. The highest BCUT2D eigenvalue weighted by Gasteiger charge is 2.09. The molecule has 0 unspecified atom stereocenters. The highest BCUT2D eigenvalue weighted by molar-refractivity contribution is 9.11. The van der Waals surface area contributed by atoms with Crippen LogP contribution >= 0.6 is 43.6 Å². The van der Waals surface area contributed by atoms with Gasteiger partial charge in [0.1, 0.15) is 17.4 Å². The molecule has 1 heterocycles. The Morgan fingerprint density at radius 1 is 1.10 bits per heavy atom. The second kappa shape index (κ2) is 7.33. The minimum Gasteiger partial charge on any atom is -0.495 e. The zero-order valence-electron chi connectivity index (χ0n) is 11.7. The van der Waals surface area contributed by atoms with Crippen molar-refractivity contribution in [3.05, 3.63) is 27.1 Å². The van der Waals surface area contributed by atoms with E-state index in [1.807, 2.05) is 31.5 Å². The normalized spacial score (nSPS) is 10.3. The molecule has 0 aliphatic carbocycles. The topological polar surface area (TPSA) is 59.1 Å². The average molecular weight is 434 g/mol. The van der Waals surface area contributed by atoms with Crippen LogP contribution in [0.15, 0.2) is 32.3 Å². The highest BCUT2D eigenvalue weighted by atomic mass is 79.9. The smallest absolute Gasteiger partial charge is 0.191 e. The van der Waals surface area contributed by atoms with Crippen LogP contribution in [0, 0.1) is 0 Å². The Morgan fingerprint density at radius 2 is 1.81 bits per heavy atom. The van der Waals surface area contributed by atoms with E-state index in [1.165, 1.54) is 11.8 Å². The van der Waals surface area contributed by atoms with Crippen LogP contribution in [0.5, 0.6) is 5.75 Å². The van der Waals surface area contributed by atoms with E-state index in [0.717, 1.165) is 26.2 Å². The summed E-state index contributed by atoms with van der Waals surface area (Å²) in [5.41, 5.74) is 0.864. The lowest BCUT2D eigenvalue weighted by Gasteiger charge is -2.12. The van der Waals surface area contributed by atoms with Crippen LogP contribution in [-0.4, -0.2) is 30.4 Å². The van der Waals surface area contributed by atoms with Crippen LogP contribution in [0.25, 0.3) is 0 Å². The third-order valence-corrected chi connectivity index (χ3v) is 4.47. The van der Waals surface area contributed by atoms with Crippen LogP contribution in [0.4, 0.5) is 17.3 Å². The summed E-state index contributed by atoms with van der Waals surface area (Å²) >= 11 is 8.47. The Morgan fingerprint density at radius 3 is 2.43 bits per heavy atom. The molecule has 0 radical (unpaired) electrons. The standard InChI is InChI=1S/C13H14Br2N4OS/c1-16-11-6-12(19-13(18-11)21-3)17-9-5-10(20-2)8(15)4-7(9)14/h4-6H,1-3H3,(H2,16,17,18,19). The van der Waals surface area contributed by atoms with Gasteiger partial charge in [0, 0.05) is 23.7 Å². The second-order valence-electron chi connectivity index (χ2n) is 3.97. The number of methoxy groups -OCH3 is 1. The van der Waals surface area contributed by atoms with Gasteiger partial charge in [-0.05, 0) is 44.2 Å². The molecular weight excluding hydrogens is 420 g/mol. The first-order chi connectivity index (χ1) is 10.1. The van der Waals surface area contributed by atoms with Gasteiger partial charge >= 0.3 is 0 Å². The Balaban J connectivity index is 2.37. The molecule has 21 heavy (non-hydrogen) atoms. The van der Waals surface area contributed by atoms with Gasteiger partial charge < -0.3 is 15.4 Å². The number of rotatable bonds is 5. The van der Waals surface area contributed by atoms with E-state index in [1.54, 1.807) is 7.11 Å². The maximum Gasteiger partial charge on any atom is 0.191 e. The first-order valence-corrected chi connectivity index (χ1v) is 8.79. The molecule has 1 aromatic heterocycles. The number of nitrogens with zero attached hydrogens (tertiary/aromatic N) is 2. The van der Waals surface area contributed by atoms with Crippen molar-refractivity contribution in [1.29, 1.82) is 0 Å². The third kappa shape index (κ3) is 4.02. The quantitative estimate of drug-likeness (QED) is 0.534. The molecule has 0 atom stereocenters. The second-order valence-corrected chi connectivity index (χ2v) is 6.45. The predicted octanol–water partition coefficient (Wildman–Crippen LogP) is 4.52. The van der Waals surface area contributed by atoms with Crippen LogP contribution in [0.3, 0.4) is 0 Å². The molecule has 0 aliphatic heterocycles. The zero-order valence-corrected chi connectivity index (χ0v) is 15.7. The highest BCUT2D eigenvalue weighted by Crippen LogP contribution is 2.36. The van der Waals surface area contributed by atoms with Gasteiger partial charge in [-0.1, -0.05) is 11.8 Å². The number of aromatic nitrogens is 2.